The maximum Gasteiger partial charge on any atom is 0.258 e. The molecule has 1 N–H and O–H groups in total. The predicted octanol–water partition coefficient (Wildman–Crippen LogP) is 1.79. The molecule has 2 aromatic rings. The number of nitrogens with zero attached hydrogens (tertiary/aromatic N) is 4. The summed E-state index contributed by atoms with van der Waals surface area (Å²) in [7, 11) is -3.60. The van der Waals surface area contributed by atoms with E-state index < -0.39 is 10.0 Å². The first-order chi connectivity index (χ1) is 10.3. The molecule has 0 atom stereocenters. The molecule has 0 aromatic carbocycles. The zero-order valence-electron chi connectivity index (χ0n) is 13.4. The van der Waals surface area contributed by atoms with Gasteiger partial charge in [0.15, 0.2) is 5.03 Å². The Morgan fingerprint density at radius 3 is 2.64 bits per heavy atom. The Morgan fingerprint density at radius 1 is 1.27 bits per heavy atom. The number of rotatable bonds is 7. The van der Waals surface area contributed by atoms with Crippen molar-refractivity contribution in [1.29, 1.82) is 0 Å². The summed E-state index contributed by atoms with van der Waals surface area (Å²) in [6.07, 6.45) is 4.91. The monoisotopic (exact) mass is 325 g/mol. The topological polar surface area (TPSA) is 81.8 Å². The lowest BCUT2D eigenvalue weighted by atomic mass is 10.2. The van der Waals surface area contributed by atoms with E-state index in [9.17, 15) is 8.42 Å². The summed E-state index contributed by atoms with van der Waals surface area (Å²) in [5.41, 5.74) is 0.841. The second kappa shape index (κ2) is 6.62. The van der Waals surface area contributed by atoms with Gasteiger partial charge in [0.25, 0.3) is 10.0 Å². The SMILES string of the molecule is CC(C)Cn1cncc1CNS(=O)(=O)c1ccnn1C(C)C. The summed E-state index contributed by atoms with van der Waals surface area (Å²) in [4.78, 5) is 4.09. The van der Waals surface area contributed by atoms with Gasteiger partial charge < -0.3 is 4.57 Å². The molecular formula is C14H23N5O2S. The molecule has 0 bridgehead atoms. The van der Waals surface area contributed by atoms with Gasteiger partial charge >= 0.3 is 0 Å². The van der Waals surface area contributed by atoms with Crippen molar-refractivity contribution in [1.82, 2.24) is 24.1 Å². The summed E-state index contributed by atoms with van der Waals surface area (Å²) >= 11 is 0. The van der Waals surface area contributed by atoms with E-state index in [2.05, 4.69) is 28.7 Å². The quantitative estimate of drug-likeness (QED) is 0.841. The molecule has 0 saturated heterocycles. The van der Waals surface area contributed by atoms with Crippen molar-refractivity contribution in [3.8, 4) is 0 Å². The Balaban J connectivity index is 2.14. The maximum absolute atomic E-state index is 12.4. The van der Waals surface area contributed by atoms with Crippen LogP contribution in [-0.2, 0) is 23.1 Å². The van der Waals surface area contributed by atoms with Gasteiger partial charge in [-0.3, -0.25) is 4.68 Å². The summed E-state index contributed by atoms with van der Waals surface area (Å²) in [5, 5.41) is 4.24. The normalized spacial score (nSPS) is 12.5. The van der Waals surface area contributed by atoms with Gasteiger partial charge in [0, 0.05) is 18.8 Å². The molecule has 0 aliphatic carbocycles. The van der Waals surface area contributed by atoms with Crippen molar-refractivity contribution < 1.29 is 8.42 Å². The van der Waals surface area contributed by atoms with Crippen LogP contribution in [0.5, 0.6) is 0 Å². The third-order valence-electron chi connectivity index (χ3n) is 3.20. The third-order valence-corrected chi connectivity index (χ3v) is 4.60. The molecule has 22 heavy (non-hydrogen) atoms. The van der Waals surface area contributed by atoms with Crippen molar-refractivity contribution in [3.05, 3.63) is 30.5 Å². The first-order valence-electron chi connectivity index (χ1n) is 7.33. The fourth-order valence-electron chi connectivity index (χ4n) is 2.20. The predicted molar refractivity (Wildman–Crippen MR) is 83.7 cm³/mol. The Hall–Kier alpha value is -1.67. The molecule has 0 aliphatic rings. The minimum atomic E-state index is -3.60. The van der Waals surface area contributed by atoms with Crippen molar-refractivity contribution in [3.63, 3.8) is 0 Å². The van der Waals surface area contributed by atoms with Gasteiger partial charge in [-0.2, -0.15) is 5.10 Å². The largest absolute Gasteiger partial charge is 0.333 e. The smallest absolute Gasteiger partial charge is 0.258 e. The second-order valence-electron chi connectivity index (χ2n) is 5.96. The molecule has 0 saturated carbocycles. The van der Waals surface area contributed by atoms with E-state index in [1.165, 1.54) is 16.9 Å². The highest BCUT2D eigenvalue weighted by molar-refractivity contribution is 7.89. The fraction of sp³-hybridized carbons (Fsp3) is 0.571. The first-order valence-corrected chi connectivity index (χ1v) is 8.81. The van der Waals surface area contributed by atoms with E-state index in [4.69, 9.17) is 0 Å². The van der Waals surface area contributed by atoms with E-state index in [-0.39, 0.29) is 17.6 Å². The summed E-state index contributed by atoms with van der Waals surface area (Å²) in [6.45, 7) is 9.01. The van der Waals surface area contributed by atoms with Gasteiger partial charge in [0.2, 0.25) is 0 Å². The molecule has 8 heteroatoms. The van der Waals surface area contributed by atoms with Gasteiger partial charge in [-0.1, -0.05) is 13.8 Å². The molecule has 2 rings (SSSR count). The molecule has 0 radical (unpaired) electrons. The molecule has 0 fully saturated rings. The molecule has 0 amide bonds. The van der Waals surface area contributed by atoms with Gasteiger partial charge in [0.1, 0.15) is 0 Å². The molecule has 2 aromatic heterocycles. The number of hydrogen-bond acceptors (Lipinski definition) is 4. The zero-order valence-corrected chi connectivity index (χ0v) is 14.2. The highest BCUT2D eigenvalue weighted by atomic mass is 32.2. The van der Waals surface area contributed by atoms with Crippen LogP contribution < -0.4 is 4.72 Å². The lowest BCUT2D eigenvalue weighted by molar-refractivity contribution is 0.474. The van der Waals surface area contributed by atoms with E-state index in [1.807, 2.05) is 18.4 Å². The van der Waals surface area contributed by atoms with E-state index >= 15 is 0 Å². The van der Waals surface area contributed by atoms with Crippen LogP contribution in [0.15, 0.2) is 29.8 Å². The van der Waals surface area contributed by atoms with Gasteiger partial charge in [-0.25, -0.2) is 18.1 Å². The molecule has 0 spiro atoms. The van der Waals surface area contributed by atoms with Gasteiger partial charge in [0.05, 0.1) is 24.8 Å². The molecule has 122 valence electrons. The average molecular weight is 325 g/mol. The lowest BCUT2D eigenvalue weighted by Gasteiger charge is -2.13. The Bertz CT molecular complexity index is 715. The number of hydrogen-bond donors (Lipinski definition) is 1. The van der Waals surface area contributed by atoms with Gasteiger partial charge in [-0.05, 0) is 25.8 Å². The highest BCUT2D eigenvalue weighted by Gasteiger charge is 2.21. The van der Waals surface area contributed by atoms with Crippen molar-refractivity contribution in [2.75, 3.05) is 0 Å². The molecule has 0 unspecified atom stereocenters. The van der Waals surface area contributed by atoms with Crippen LogP contribution in [0.2, 0.25) is 0 Å². The van der Waals surface area contributed by atoms with Crippen LogP contribution in [0.25, 0.3) is 0 Å². The summed E-state index contributed by atoms with van der Waals surface area (Å²) in [6, 6.07) is 1.49. The van der Waals surface area contributed by atoms with Crippen LogP contribution in [0.4, 0.5) is 0 Å². The molecule has 7 nitrogen and oxygen atoms in total. The second-order valence-corrected chi connectivity index (χ2v) is 7.68. The molecular weight excluding hydrogens is 302 g/mol. The van der Waals surface area contributed by atoms with Crippen molar-refractivity contribution >= 4 is 10.0 Å². The minimum Gasteiger partial charge on any atom is -0.333 e. The van der Waals surface area contributed by atoms with Crippen LogP contribution in [0, 0.1) is 5.92 Å². The van der Waals surface area contributed by atoms with Crippen LogP contribution in [-0.4, -0.2) is 27.7 Å². The number of imidazole rings is 1. The van der Waals surface area contributed by atoms with Crippen LogP contribution in [0.3, 0.4) is 0 Å². The number of sulfonamides is 1. The minimum absolute atomic E-state index is 0.0203. The average Bonchev–Trinajstić information content (AvgIpc) is 3.04. The van der Waals surface area contributed by atoms with Gasteiger partial charge in [-0.15, -0.1) is 0 Å². The molecule has 2 heterocycles. The maximum atomic E-state index is 12.4. The lowest BCUT2D eigenvalue weighted by Crippen LogP contribution is -2.27. The Kier molecular flexibility index (Phi) is 5.02. The third kappa shape index (κ3) is 3.75. The number of nitrogens with one attached hydrogen (secondary N) is 1. The standard InChI is InChI=1S/C14H23N5O2S/c1-11(2)9-18-10-15-7-13(18)8-17-22(20,21)14-5-6-16-19(14)12(3)4/h5-7,10-12,17H,8-9H2,1-4H3. The Labute approximate surface area is 131 Å². The van der Waals surface area contributed by atoms with Crippen LogP contribution in [0.1, 0.15) is 39.4 Å². The van der Waals surface area contributed by atoms with E-state index in [1.54, 1.807) is 12.5 Å². The highest BCUT2D eigenvalue weighted by Crippen LogP contribution is 2.14. The Morgan fingerprint density at radius 2 is 2.00 bits per heavy atom. The fourth-order valence-corrected chi connectivity index (χ4v) is 3.43. The van der Waals surface area contributed by atoms with Crippen molar-refractivity contribution in [2.45, 2.75) is 51.9 Å². The summed E-state index contributed by atoms with van der Waals surface area (Å²) in [5.74, 6) is 0.465. The number of aromatic nitrogens is 4. The summed E-state index contributed by atoms with van der Waals surface area (Å²) < 4.78 is 31.0. The van der Waals surface area contributed by atoms with Crippen molar-refractivity contribution in [2.24, 2.45) is 5.92 Å². The molecule has 0 aliphatic heterocycles. The first kappa shape index (κ1) is 16.7. The van der Waals surface area contributed by atoms with Crippen LogP contribution >= 0.6 is 0 Å². The van der Waals surface area contributed by atoms with E-state index in [0.29, 0.717) is 5.92 Å². The zero-order chi connectivity index (χ0) is 16.3. The van der Waals surface area contributed by atoms with E-state index in [0.717, 1.165) is 12.2 Å².